The van der Waals surface area contributed by atoms with E-state index in [2.05, 4.69) is 10.1 Å². The smallest absolute Gasteiger partial charge is 0.387 e. The fourth-order valence-electron chi connectivity index (χ4n) is 1.93. The Bertz CT molecular complexity index is 690. The second-order valence-electron chi connectivity index (χ2n) is 4.71. The van der Waals surface area contributed by atoms with E-state index >= 15 is 0 Å². The average Bonchev–Trinajstić information content (AvgIpc) is 2.84. The molecule has 0 bridgehead atoms. The van der Waals surface area contributed by atoms with Crippen LogP contribution in [0.5, 0.6) is 5.75 Å². The lowest BCUT2D eigenvalue weighted by atomic mass is 10.1. The molecule has 1 amide bonds. The summed E-state index contributed by atoms with van der Waals surface area (Å²) in [5, 5.41) is 12.3. The molecule has 0 aliphatic rings. The van der Waals surface area contributed by atoms with Crippen LogP contribution in [-0.4, -0.2) is 24.2 Å². The summed E-state index contributed by atoms with van der Waals surface area (Å²) in [5.74, 6) is -1.36. The Balaban J connectivity index is 2.02. The molecular formula is C15H14F3NO3S. The molecule has 2 rings (SSSR count). The minimum atomic E-state index is -3.03. The number of aliphatic hydroxyl groups is 1. The van der Waals surface area contributed by atoms with Gasteiger partial charge < -0.3 is 15.2 Å². The molecule has 0 radical (unpaired) electrons. The number of benzene rings is 1. The molecule has 8 heteroatoms. The minimum absolute atomic E-state index is 0.00533. The van der Waals surface area contributed by atoms with Crippen molar-refractivity contribution in [3.05, 3.63) is 51.5 Å². The van der Waals surface area contributed by atoms with Crippen molar-refractivity contribution >= 4 is 17.2 Å². The molecule has 0 saturated carbocycles. The summed E-state index contributed by atoms with van der Waals surface area (Å²) in [6.45, 7) is -1.57. The maximum absolute atomic E-state index is 13.1. The molecule has 2 aromatic rings. The monoisotopic (exact) mass is 345 g/mol. The van der Waals surface area contributed by atoms with Crippen LogP contribution in [0.2, 0.25) is 0 Å². The Kier molecular flexibility index (Phi) is 5.62. The van der Waals surface area contributed by atoms with Crippen molar-refractivity contribution in [3.8, 4) is 5.75 Å². The highest BCUT2D eigenvalue weighted by molar-refractivity contribution is 7.14. The number of halogens is 3. The fraction of sp³-hybridized carbons (Fsp3) is 0.267. The summed E-state index contributed by atoms with van der Waals surface area (Å²) >= 11 is 1.00. The summed E-state index contributed by atoms with van der Waals surface area (Å²) in [4.78, 5) is 12.7. The number of nitrogens with one attached hydrogen (secondary N) is 1. The first kappa shape index (κ1) is 17.3. The molecule has 1 heterocycles. The highest BCUT2D eigenvalue weighted by Crippen LogP contribution is 2.30. The van der Waals surface area contributed by atoms with Gasteiger partial charge >= 0.3 is 6.61 Å². The van der Waals surface area contributed by atoms with Crippen molar-refractivity contribution in [1.82, 2.24) is 5.32 Å². The lowest BCUT2D eigenvalue weighted by molar-refractivity contribution is -0.0498. The fourth-order valence-corrected chi connectivity index (χ4v) is 2.79. The van der Waals surface area contributed by atoms with E-state index in [0.717, 1.165) is 17.4 Å². The molecule has 124 valence electrons. The second-order valence-corrected chi connectivity index (χ2v) is 5.97. The van der Waals surface area contributed by atoms with E-state index in [1.54, 1.807) is 6.92 Å². The van der Waals surface area contributed by atoms with Gasteiger partial charge in [-0.15, -0.1) is 11.3 Å². The summed E-state index contributed by atoms with van der Waals surface area (Å²) < 4.78 is 42.0. The third-order valence-electron chi connectivity index (χ3n) is 2.93. The number of ether oxygens (including phenoxy) is 1. The number of aliphatic hydroxyl groups excluding tert-OH is 1. The van der Waals surface area contributed by atoms with Gasteiger partial charge in [0.1, 0.15) is 16.4 Å². The Labute approximate surface area is 134 Å². The lowest BCUT2D eigenvalue weighted by Gasteiger charge is -2.12. The molecule has 4 nitrogen and oxygen atoms in total. The van der Waals surface area contributed by atoms with Gasteiger partial charge in [0.25, 0.3) is 5.91 Å². The SMILES string of the molecule is Cc1cc(OC(F)F)c(C(=O)NC[C@H](O)c2cccc(F)c2)s1. The number of alkyl halides is 2. The Morgan fingerprint density at radius 2 is 2.13 bits per heavy atom. The predicted molar refractivity (Wildman–Crippen MR) is 79.4 cm³/mol. The molecule has 0 fully saturated rings. The lowest BCUT2D eigenvalue weighted by Crippen LogP contribution is -2.28. The summed E-state index contributed by atoms with van der Waals surface area (Å²) in [6, 6.07) is 6.68. The van der Waals surface area contributed by atoms with Crippen molar-refractivity contribution in [2.45, 2.75) is 19.6 Å². The second kappa shape index (κ2) is 7.47. The molecular weight excluding hydrogens is 331 g/mol. The van der Waals surface area contributed by atoms with Crippen LogP contribution in [0.1, 0.15) is 26.2 Å². The van der Waals surface area contributed by atoms with Gasteiger partial charge in [-0.25, -0.2) is 4.39 Å². The van der Waals surface area contributed by atoms with Gasteiger partial charge in [0.15, 0.2) is 0 Å². The molecule has 23 heavy (non-hydrogen) atoms. The molecule has 0 unspecified atom stereocenters. The first-order valence-electron chi connectivity index (χ1n) is 6.64. The number of thiophene rings is 1. The topological polar surface area (TPSA) is 58.6 Å². The zero-order valence-corrected chi connectivity index (χ0v) is 12.9. The van der Waals surface area contributed by atoms with Gasteiger partial charge in [-0.1, -0.05) is 12.1 Å². The summed E-state index contributed by atoms with van der Waals surface area (Å²) in [7, 11) is 0. The van der Waals surface area contributed by atoms with E-state index < -0.39 is 24.4 Å². The van der Waals surface area contributed by atoms with E-state index in [4.69, 9.17) is 0 Å². The van der Waals surface area contributed by atoms with Gasteiger partial charge in [0.2, 0.25) is 0 Å². The van der Waals surface area contributed by atoms with Crippen LogP contribution in [0.25, 0.3) is 0 Å². The van der Waals surface area contributed by atoms with E-state index in [1.807, 2.05) is 0 Å². The van der Waals surface area contributed by atoms with Crippen LogP contribution in [0.3, 0.4) is 0 Å². The zero-order valence-electron chi connectivity index (χ0n) is 12.1. The van der Waals surface area contributed by atoms with Crippen molar-refractivity contribution in [1.29, 1.82) is 0 Å². The summed E-state index contributed by atoms with van der Waals surface area (Å²) in [6.07, 6.45) is -1.12. The molecule has 1 aromatic heterocycles. The number of amides is 1. The van der Waals surface area contributed by atoms with Crippen LogP contribution in [0, 0.1) is 12.7 Å². The largest absolute Gasteiger partial charge is 0.433 e. The third-order valence-corrected chi connectivity index (χ3v) is 3.96. The van der Waals surface area contributed by atoms with Gasteiger partial charge in [-0.05, 0) is 30.7 Å². The van der Waals surface area contributed by atoms with Crippen LogP contribution < -0.4 is 10.1 Å². The molecule has 1 aromatic carbocycles. The van der Waals surface area contributed by atoms with E-state index in [1.165, 1.54) is 24.3 Å². The van der Waals surface area contributed by atoms with Crippen molar-refractivity contribution in [2.75, 3.05) is 6.54 Å². The molecule has 0 aliphatic carbocycles. The average molecular weight is 345 g/mol. The van der Waals surface area contributed by atoms with Gasteiger partial charge in [-0.2, -0.15) is 8.78 Å². The number of hydrogen-bond donors (Lipinski definition) is 2. The highest BCUT2D eigenvalue weighted by Gasteiger charge is 2.20. The van der Waals surface area contributed by atoms with Crippen LogP contribution in [0.15, 0.2) is 30.3 Å². The number of carbonyl (C=O) groups excluding carboxylic acids is 1. The number of hydrogen-bond acceptors (Lipinski definition) is 4. The predicted octanol–water partition coefficient (Wildman–Crippen LogP) is 3.26. The van der Waals surface area contributed by atoms with Crippen LogP contribution in [0.4, 0.5) is 13.2 Å². The normalized spacial score (nSPS) is 12.3. The quantitative estimate of drug-likeness (QED) is 0.845. The first-order chi connectivity index (χ1) is 10.9. The van der Waals surface area contributed by atoms with Gasteiger partial charge in [0.05, 0.1) is 6.10 Å². The first-order valence-corrected chi connectivity index (χ1v) is 7.45. The molecule has 1 atom stereocenters. The third kappa shape index (κ3) is 4.70. The van der Waals surface area contributed by atoms with Crippen LogP contribution in [-0.2, 0) is 0 Å². The zero-order chi connectivity index (χ0) is 17.0. The van der Waals surface area contributed by atoms with Crippen molar-refractivity contribution in [2.24, 2.45) is 0 Å². The molecule has 0 aliphatic heterocycles. The highest BCUT2D eigenvalue weighted by atomic mass is 32.1. The van der Waals surface area contributed by atoms with Crippen molar-refractivity contribution in [3.63, 3.8) is 0 Å². The van der Waals surface area contributed by atoms with E-state index in [-0.39, 0.29) is 17.2 Å². The summed E-state index contributed by atoms with van der Waals surface area (Å²) in [5.41, 5.74) is 0.303. The van der Waals surface area contributed by atoms with Gasteiger partial charge in [0, 0.05) is 11.4 Å². The number of rotatable bonds is 6. The molecule has 0 saturated heterocycles. The van der Waals surface area contributed by atoms with E-state index in [0.29, 0.717) is 10.4 Å². The van der Waals surface area contributed by atoms with Gasteiger partial charge in [-0.3, -0.25) is 4.79 Å². The molecule has 0 spiro atoms. The standard InChI is InChI=1S/C15H14F3NO3S/c1-8-5-12(22-15(17)18)13(23-8)14(21)19-7-11(20)9-3-2-4-10(16)6-9/h2-6,11,15,20H,7H2,1H3,(H,19,21)/t11-/m0/s1. The number of carbonyl (C=O) groups is 1. The van der Waals surface area contributed by atoms with E-state index in [9.17, 15) is 23.1 Å². The van der Waals surface area contributed by atoms with Crippen molar-refractivity contribution < 1.29 is 27.8 Å². The molecule has 2 N–H and O–H groups in total. The Morgan fingerprint density at radius 1 is 1.39 bits per heavy atom. The maximum atomic E-state index is 13.1. The Morgan fingerprint density at radius 3 is 2.78 bits per heavy atom. The Hall–Kier alpha value is -2.06. The maximum Gasteiger partial charge on any atom is 0.387 e. The van der Waals surface area contributed by atoms with Crippen LogP contribution >= 0.6 is 11.3 Å². The minimum Gasteiger partial charge on any atom is -0.433 e. The number of aryl methyl sites for hydroxylation is 1.